The maximum atomic E-state index is 12.9. The van der Waals surface area contributed by atoms with Crippen LogP contribution in [0.1, 0.15) is 23.6 Å². The lowest BCUT2D eigenvalue weighted by Gasteiger charge is -2.18. The van der Waals surface area contributed by atoms with E-state index in [4.69, 9.17) is 0 Å². The lowest BCUT2D eigenvalue weighted by molar-refractivity contribution is -0.121. The van der Waals surface area contributed by atoms with Crippen LogP contribution in [0.25, 0.3) is 6.08 Å². The van der Waals surface area contributed by atoms with Crippen molar-refractivity contribution < 1.29 is 17.6 Å². The van der Waals surface area contributed by atoms with Gasteiger partial charge in [-0.25, -0.2) is 12.8 Å². The molecule has 5 nitrogen and oxygen atoms in total. The fourth-order valence-corrected chi connectivity index (χ4v) is 3.49. The number of rotatable bonds is 8. The fourth-order valence-electron chi connectivity index (χ4n) is 2.33. The number of aryl methyl sites for hydroxylation is 1. The Morgan fingerprint density at radius 2 is 1.74 bits per heavy atom. The normalized spacial score (nSPS) is 11.9. The largest absolute Gasteiger partial charge is 0.351 e. The summed E-state index contributed by atoms with van der Waals surface area (Å²) in [5.41, 5.74) is 2.58. The number of halogens is 1. The van der Waals surface area contributed by atoms with Gasteiger partial charge in [0.15, 0.2) is 0 Å². The maximum Gasteiger partial charge on any atom is 0.236 e. The van der Waals surface area contributed by atoms with E-state index in [0.29, 0.717) is 0 Å². The molecule has 0 aliphatic carbocycles. The fraction of sp³-hybridized carbons (Fsp3) is 0.250. The van der Waals surface area contributed by atoms with Crippen LogP contribution in [0, 0.1) is 12.7 Å². The molecule has 0 spiro atoms. The molecule has 0 fully saturated rings. The van der Waals surface area contributed by atoms with E-state index in [-0.39, 0.29) is 25.5 Å². The first-order valence-electron chi connectivity index (χ1n) is 8.56. The number of sulfonamides is 1. The molecule has 0 heterocycles. The zero-order valence-electron chi connectivity index (χ0n) is 15.4. The topological polar surface area (TPSA) is 66.5 Å². The van der Waals surface area contributed by atoms with Gasteiger partial charge >= 0.3 is 0 Å². The number of benzene rings is 2. The smallest absolute Gasteiger partial charge is 0.236 e. The Morgan fingerprint density at radius 1 is 1.11 bits per heavy atom. The van der Waals surface area contributed by atoms with Gasteiger partial charge in [-0.05, 0) is 36.3 Å². The van der Waals surface area contributed by atoms with Gasteiger partial charge < -0.3 is 5.32 Å². The second-order valence-electron chi connectivity index (χ2n) is 6.09. The summed E-state index contributed by atoms with van der Waals surface area (Å²) >= 11 is 0. The van der Waals surface area contributed by atoms with E-state index in [1.54, 1.807) is 19.1 Å². The second kappa shape index (κ2) is 9.43. The molecule has 0 aromatic heterocycles. The summed E-state index contributed by atoms with van der Waals surface area (Å²) in [5.74, 6) is -0.776. The summed E-state index contributed by atoms with van der Waals surface area (Å²) < 4.78 is 38.9. The van der Waals surface area contributed by atoms with Crippen LogP contribution >= 0.6 is 0 Å². The molecule has 0 bridgehead atoms. The number of nitrogens with zero attached hydrogens (tertiary/aromatic N) is 1. The van der Waals surface area contributed by atoms with Gasteiger partial charge in [-0.1, -0.05) is 48.9 Å². The zero-order valence-corrected chi connectivity index (χ0v) is 16.2. The molecule has 27 heavy (non-hydrogen) atoms. The number of hydrogen-bond acceptors (Lipinski definition) is 3. The molecule has 7 heteroatoms. The number of nitrogens with one attached hydrogen (secondary N) is 1. The Balaban J connectivity index is 1.96. The quantitative estimate of drug-likeness (QED) is 0.753. The van der Waals surface area contributed by atoms with E-state index < -0.39 is 15.9 Å². The van der Waals surface area contributed by atoms with E-state index in [0.717, 1.165) is 26.4 Å². The third kappa shape index (κ3) is 6.62. The summed E-state index contributed by atoms with van der Waals surface area (Å²) in [7, 11) is -3.72. The molecule has 2 aromatic rings. The van der Waals surface area contributed by atoms with Crippen molar-refractivity contribution in [3.05, 3.63) is 76.4 Å². The van der Waals surface area contributed by atoms with Crippen LogP contribution < -0.4 is 5.32 Å². The van der Waals surface area contributed by atoms with E-state index >= 15 is 0 Å². The standard InChI is InChI=1S/C20H23FN2O3S/c1-3-23(15-20(24)22-14-18-8-10-19(21)11-9-18)27(25,26)13-12-17-6-4-16(2)5-7-17/h4-13H,3,14-15H2,1-2H3,(H,22,24)/b13-12+. The van der Waals surface area contributed by atoms with Crippen LogP contribution in [0.4, 0.5) is 4.39 Å². The molecule has 0 aliphatic rings. The SMILES string of the molecule is CCN(CC(=O)NCc1ccc(F)cc1)S(=O)(=O)/C=C/c1ccc(C)cc1. The first-order chi connectivity index (χ1) is 12.8. The van der Waals surface area contributed by atoms with Gasteiger partial charge in [-0.3, -0.25) is 4.79 Å². The third-order valence-corrected chi connectivity index (χ3v) is 5.53. The summed E-state index contributed by atoms with van der Waals surface area (Å²) in [6.45, 7) is 3.72. The van der Waals surface area contributed by atoms with Crippen molar-refractivity contribution in [2.24, 2.45) is 0 Å². The minimum Gasteiger partial charge on any atom is -0.351 e. The van der Waals surface area contributed by atoms with Crippen LogP contribution in [0.15, 0.2) is 53.9 Å². The highest BCUT2D eigenvalue weighted by Crippen LogP contribution is 2.09. The predicted octanol–water partition coefficient (Wildman–Crippen LogP) is 3.07. The van der Waals surface area contributed by atoms with Crippen molar-refractivity contribution in [3.8, 4) is 0 Å². The van der Waals surface area contributed by atoms with Gasteiger partial charge in [0.1, 0.15) is 5.82 Å². The molecule has 0 atom stereocenters. The van der Waals surface area contributed by atoms with Crippen molar-refractivity contribution in [3.63, 3.8) is 0 Å². The first-order valence-corrected chi connectivity index (χ1v) is 10.1. The minimum absolute atomic E-state index is 0.171. The summed E-state index contributed by atoms with van der Waals surface area (Å²) in [6, 6.07) is 13.2. The van der Waals surface area contributed by atoms with Gasteiger partial charge in [0.2, 0.25) is 15.9 Å². The summed E-state index contributed by atoms with van der Waals surface area (Å²) in [6.07, 6.45) is 1.51. The van der Waals surface area contributed by atoms with Crippen LogP contribution in [0.2, 0.25) is 0 Å². The number of likely N-dealkylation sites (N-methyl/N-ethyl adjacent to an activating group) is 1. The molecular weight excluding hydrogens is 367 g/mol. The van der Waals surface area contributed by atoms with Gasteiger partial charge in [-0.2, -0.15) is 4.31 Å². The Morgan fingerprint density at radius 3 is 2.33 bits per heavy atom. The number of amides is 1. The molecule has 0 aliphatic heterocycles. The summed E-state index contributed by atoms with van der Waals surface area (Å²) in [5, 5.41) is 3.75. The Labute approximate surface area is 159 Å². The minimum atomic E-state index is -3.72. The Kier molecular flexibility index (Phi) is 7.27. The van der Waals surface area contributed by atoms with E-state index in [9.17, 15) is 17.6 Å². The lowest BCUT2D eigenvalue weighted by atomic mass is 10.2. The van der Waals surface area contributed by atoms with Gasteiger partial charge in [0.25, 0.3) is 0 Å². The molecule has 0 unspecified atom stereocenters. The van der Waals surface area contributed by atoms with Gasteiger partial charge in [0, 0.05) is 18.5 Å². The first kappa shape index (κ1) is 20.8. The van der Waals surface area contributed by atoms with Crippen LogP contribution in [0.5, 0.6) is 0 Å². The molecule has 1 amide bonds. The molecule has 1 N–H and O–H groups in total. The highest BCUT2D eigenvalue weighted by Gasteiger charge is 2.20. The number of carbonyl (C=O) groups excluding carboxylic acids is 1. The predicted molar refractivity (Wildman–Crippen MR) is 105 cm³/mol. The van der Waals surface area contributed by atoms with Crippen LogP contribution in [-0.2, 0) is 21.4 Å². The molecule has 0 radical (unpaired) electrons. The average molecular weight is 390 g/mol. The molecule has 0 saturated heterocycles. The van der Waals surface area contributed by atoms with Crippen molar-refractivity contribution in [1.29, 1.82) is 0 Å². The van der Waals surface area contributed by atoms with E-state index in [1.165, 1.54) is 18.2 Å². The highest BCUT2D eigenvalue weighted by atomic mass is 32.2. The maximum absolute atomic E-state index is 12.9. The molecule has 0 saturated carbocycles. The van der Waals surface area contributed by atoms with Gasteiger partial charge in [0.05, 0.1) is 6.54 Å². The molecule has 2 rings (SSSR count). The highest BCUT2D eigenvalue weighted by molar-refractivity contribution is 7.92. The second-order valence-corrected chi connectivity index (χ2v) is 7.91. The number of carbonyl (C=O) groups is 1. The summed E-state index contributed by atoms with van der Waals surface area (Å²) in [4.78, 5) is 12.1. The van der Waals surface area contributed by atoms with E-state index in [1.807, 2.05) is 31.2 Å². The van der Waals surface area contributed by atoms with Crippen LogP contribution in [0.3, 0.4) is 0 Å². The van der Waals surface area contributed by atoms with Gasteiger partial charge in [-0.15, -0.1) is 0 Å². The molecule has 144 valence electrons. The molecule has 2 aromatic carbocycles. The number of hydrogen-bond donors (Lipinski definition) is 1. The Bertz CT molecular complexity index is 892. The Hall–Kier alpha value is -2.51. The zero-order chi connectivity index (χ0) is 19.9. The van der Waals surface area contributed by atoms with Crippen molar-refractivity contribution in [2.45, 2.75) is 20.4 Å². The lowest BCUT2D eigenvalue weighted by Crippen LogP contribution is -2.39. The van der Waals surface area contributed by atoms with E-state index in [2.05, 4.69) is 5.32 Å². The molecular formula is C20H23FN2O3S. The average Bonchev–Trinajstić information content (AvgIpc) is 2.65. The van der Waals surface area contributed by atoms with Crippen molar-refractivity contribution >= 4 is 22.0 Å². The monoisotopic (exact) mass is 390 g/mol. The van der Waals surface area contributed by atoms with Crippen LogP contribution in [-0.4, -0.2) is 31.7 Å². The van der Waals surface area contributed by atoms with Crippen molar-refractivity contribution in [1.82, 2.24) is 9.62 Å². The third-order valence-electron chi connectivity index (χ3n) is 3.95. The van der Waals surface area contributed by atoms with Crippen molar-refractivity contribution in [2.75, 3.05) is 13.1 Å².